The molecule has 84 valence electrons. The van der Waals surface area contributed by atoms with E-state index in [9.17, 15) is 4.79 Å². The van der Waals surface area contributed by atoms with Crippen molar-refractivity contribution in [3.05, 3.63) is 59.4 Å². The zero-order chi connectivity index (χ0) is 12.3. The van der Waals surface area contributed by atoms with Crippen LogP contribution in [0.25, 0.3) is 0 Å². The Bertz CT molecular complexity index is 590. The largest absolute Gasteiger partial charge is 0.341 e. The first-order valence-electron chi connectivity index (χ1n) is 5.36. The fourth-order valence-electron chi connectivity index (χ4n) is 1.82. The van der Waals surface area contributed by atoms with Gasteiger partial charge in [0.2, 0.25) is 0 Å². The third-order valence-corrected chi connectivity index (χ3v) is 2.67. The lowest BCUT2D eigenvalue weighted by molar-refractivity contribution is 0.100. The molecule has 1 aromatic heterocycles. The average molecular weight is 224 g/mol. The molecule has 1 aromatic carbocycles. The van der Waals surface area contributed by atoms with Gasteiger partial charge in [0.15, 0.2) is 5.78 Å². The fraction of sp³-hybridized carbons (Fsp3) is 0.143. The van der Waals surface area contributed by atoms with Crippen LogP contribution in [0.4, 0.5) is 0 Å². The molecule has 0 aliphatic heterocycles. The lowest BCUT2D eigenvalue weighted by atomic mass is 10.1. The second-order valence-corrected chi connectivity index (χ2v) is 3.85. The van der Waals surface area contributed by atoms with Gasteiger partial charge in [-0.25, -0.2) is 0 Å². The number of carbonyl (C=O) groups excluding carboxylic acids is 1. The number of ketones is 1. The SMILES string of the molecule is CC(=O)c1cccn1Cc1ccccc1C#N. The molecule has 0 bridgehead atoms. The highest BCUT2D eigenvalue weighted by atomic mass is 16.1. The summed E-state index contributed by atoms with van der Waals surface area (Å²) in [7, 11) is 0. The van der Waals surface area contributed by atoms with Crippen molar-refractivity contribution in [2.45, 2.75) is 13.5 Å². The van der Waals surface area contributed by atoms with Crippen LogP contribution in [0.15, 0.2) is 42.6 Å². The van der Waals surface area contributed by atoms with E-state index in [1.807, 2.05) is 35.0 Å². The standard InChI is InChI=1S/C14H12N2O/c1-11(17)14-7-4-8-16(14)10-13-6-3-2-5-12(13)9-15/h2-8H,10H2,1H3. The van der Waals surface area contributed by atoms with E-state index in [0.29, 0.717) is 17.8 Å². The Labute approximate surface area is 99.9 Å². The average Bonchev–Trinajstić information content (AvgIpc) is 2.78. The second kappa shape index (κ2) is 4.67. The van der Waals surface area contributed by atoms with Crippen molar-refractivity contribution in [2.24, 2.45) is 0 Å². The third-order valence-electron chi connectivity index (χ3n) is 2.67. The number of hydrogen-bond donors (Lipinski definition) is 0. The van der Waals surface area contributed by atoms with Gasteiger partial charge in [-0.05, 0) is 23.8 Å². The summed E-state index contributed by atoms with van der Waals surface area (Å²) in [5.41, 5.74) is 2.24. The van der Waals surface area contributed by atoms with E-state index in [1.165, 1.54) is 0 Å². The second-order valence-electron chi connectivity index (χ2n) is 3.85. The number of hydrogen-bond acceptors (Lipinski definition) is 2. The number of rotatable bonds is 3. The summed E-state index contributed by atoms with van der Waals surface area (Å²) in [5.74, 6) is 0.0319. The minimum absolute atomic E-state index is 0.0319. The Morgan fingerprint density at radius 3 is 2.76 bits per heavy atom. The molecule has 0 aliphatic carbocycles. The maximum atomic E-state index is 11.4. The first-order valence-corrected chi connectivity index (χ1v) is 5.36. The summed E-state index contributed by atoms with van der Waals surface area (Å²) in [6, 6.07) is 13.2. The van der Waals surface area contributed by atoms with Crippen LogP contribution in [0.2, 0.25) is 0 Å². The van der Waals surface area contributed by atoms with E-state index in [0.717, 1.165) is 5.56 Å². The van der Waals surface area contributed by atoms with Crippen molar-refractivity contribution in [1.29, 1.82) is 5.26 Å². The van der Waals surface area contributed by atoms with Crippen LogP contribution in [-0.4, -0.2) is 10.4 Å². The predicted octanol–water partition coefficient (Wildman–Crippen LogP) is 2.61. The smallest absolute Gasteiger partial charge is 0.176 e. The molecule has 0 spiro atoms. The molecule has 0 fully saturated rings. The molecule has 17 heavy (non-hydrogen) atoms. The van der Waals surface area contributed by atoms with E-state index < -0.39 is 0 Å². The number of nitriles is 1. The molecular formula is C14H12N2O. The number of Topliss-reactive ketones (excluding diaryl/α,β-unsaturated/α-hetero) is 1. The van der Waals surface area contributed by atoms with Crippen molar-refractivity contribution in [1.82, 2.24) is 4.57 Å². The molecule has 0 saturated carbocycles. The Morgan fingerprint density at radius 1 is 1.29 bits per heavy atom. The topological polar surface area (TPSA) is 45.8 Å². The van der Waals surface area contributed by atoms with E-state index in [1.54, 1.807) is 19.1 Å². The van der Waals surface area contributed by atoms with Crippen molar-refractivity contribution >= 4 is 5.78 Å². The fourth-order valence-corrected chi connectivity index (χ4v) is 1.82. The molecule has 1 heterocycles. The van der Waals surface area contributed by atoms with Gasteiger partial charge in [0.1, 0.15) is 0 Å². The highest BCUT2D eigenvalue weighted by molar-refractivity contribution is 5.92. The van der Waals surface area contributed by atoms with Crippen molar-refractivity contribution in [3.63, 3.8) is 0 Å². The van der Waals surface area contributed by atoms with Crippen molar-refractivity contribution < 1.29 is 4.79 Å². The van der Waals surface area contributed by atoms with Gasteiger partial charge in [-0.2, -0.15) is 5.26 Å². The maximum absolute atomic E-state index is 11.4. The summed E-state index contributed by atoms with van der Waals surface area (Å²) >= 11 is 0. The quantitative estimate of drug-likeness (QED) is 0.752. The lowest BCUT2D eigenvalue weighted by Gasteiger charge is -2.08. The first kappa shape index (κ1) is 11.2. The van der Waals surface area contributed by atoms with Crippen LogP contribution in [0, 0.1) is 11.3 Å². The third kappa shape index (κ3) is 2.26. The molecule has 2 rings (SSSR count). The van der Waals surface area contributed by atoms with Crippen LogP contribution in [-0.2, 0) is 6.54 Å². The number of carbonyl (C=O) groups is 1. The van der Waals surface area contributed by atoms with E-state index >= 15 is 0 Å². The van der Waals surface area contributed by atoms with Crippen LogP contribution in [0.3, 0.4) is 0 Å². The Hall–Kier alpha value is -2.34. The van der Waals surface area contributed by atoms with Crippen LogP contribution < -0.4 is 0 Å². The number of nitrogens with zero attached hydrogens (tertiary/aromatic N) is 2. The summed E-state index contributed by atoms with van der Waals surface area (Å²) in [4.78, 5) is 11.4. The number of aromatic nitrogens is 1. The number of benzene rings is 1. The molecule has 3 heteroatoms. The van der Waals surface area contributed by atoms with Gasteiger partial charge in [-0.1, -0.05) is 18.2 Å². The van der Waals surface area contributed by atoms with E-state index in [4.69, 9.17) is 5.26 Å². The molecule has 0 radical (unpaired) electrons. The van der Waals surface area contributed by atoms with Gasteiger partial charge in [0.05, 0.1) is 17.3 Å². The zero-order valence-electron chi connectivity index (χ0n) is 9.55. The summed E-state index contributed by atoms with van der Waals surface area (Å²) in [5, 5.41) is 9.00. The highest BCUT2D eigenvalue weighted by Gasteiger charge is 2.07. The minimum atomic E-state index is 0.0319. The molecule has 0 aliphatic rings. The summed E-state index contributed by atoms with van der Waals surface area (Å²) in [6.45, 7) is 2.09. The van der Waals surface area contributed by atoms with Gasteiger partial charge in [0.25, 0.3) is 0 Å². The molecule has 0 atom stereocenters. The Balaban J connectivity index is 2.35. The molecule has 0 unspecified atom stereocenters. The van der Waals surface area contributed by atoms with Gasteiger partial charge in [-0.3, -0.25) is 4.79 Å². The molecule has 0 saturated heterocycles. The van der Waals surface area contributed by atoms with Gasteiger partial charge in [-0.15, -0.1) is 0 Å². The molecule has 3 nitrogen and oxygen atoms in total. The summed E-state index contributed by atoms with van der Waals surface area (Å²) in [6.07, 6.45) is 1.85. The van der Waals surface area contributed by atoms with Crippen molar-refractivity contribution in [3.8, 4) is 6.07 Å². The van der Waals surface area contributed by atoms with Crippen LogP contribution in [0.5, 0.6) is 0 Å². The van der Waals surface area contributed by atoms with Crippen LogP contribution in [0.1, 0.15) is 28.5 Å². The molecular weight excluding hydrogens is 212 g/mol. The molecule has 0 N–H and O–H groups in total. The Morgan fingerprint density at radius 2 is 2.06 bits per heavy atom. The van der Waals surface area contributed by atoms with Gasteiger partial charge in [0, 0.05) is 19.7 Å². The van der Waals surface area contributed by atoms with Gasteiger partial charge < -0.3 is 4.57 Å². The lowest BCUT2D eigenvalue weighted by Crippen LogP contribution is -2.07. The highest BCUT2D eigenvalue weighted by Crippen LogP contribution is 2.12. The minimum Gasteiger partial charge on any atom is -0.341 e. The predicted molar refractivity (Wildman–Crippen MR) is 64.7 cm³/mol. The molecule has 0 amide bonds. The maximum Gasteiger partial charge on any atom is 0.176 e. The van der Waals surface area contributed by atoms with E-state index in [-0.39, 0.29) is 5.78 Å². The summed E-state index contributed by atoms with van der Waals surface area (Å²) < 4.78 is 1.86. The molecule has 2 aromatic rings. The Kier molecular flexibility index (Phi) is 3.06. The van der Waals surface area contributed by atoms with E-state index in [2.05, 4.69) is 6.07 Å². The van der Waals surface area contributed by atoms with Gasteiger partial charge >= 0.3 is 0 Å². The van der Waals surface area contributed by atoms with Crippen LogP contribution >= 0.6 is 0 Å². The normalized spacial score (nSPS) is 9.88. The zero-order valence-corrected chi connectivity index (χ0v) is 9.55. The monoisotopic (exact) mass is 224 g/mol. The first-order chi connectivity index (χ1) is 8.22. The van der Waals surface area contributed by atoms with Crippen molar-refractivity contribution in [2.75, 3.05) is 0 Å².